The lowest BCUT2D eigenvalue weighted by molar-refractivity contribution is 0.0994. The van der Waals surface area contributed by atoms with Gasteiger partial charge in [-0.1, -0.05) is 31.5 Å². The zero-order valence-corrected chi connectivity index (χ0v) is 16.7. The number of hydrogen-bond acceptors (Lipinski definition) is 4. The highest BCUT2D eigenvalue weighted by Crippen LogP contribution is 2.23. The van der Waals surface area contributed by atoms with E-state index in [4.69, 9.17) is 0 Å². The number of aromatic nitrogens is 3. The minimum Gasteiger partial charge on any atom is -0.311 e. The van der Waals surface area contributed by atoms with Gasteiger partial charge in [0.15, 0.2) is 5.65 Å². The van der Waals surface area contributed by atoms with Gasteiger partial charge in [-0.05, 0) is 38.0 Å². The summed E-state index contributed by atoms with van der Waals surface area (Å²) in [6.45, 7) is 8.01. The first-order valence-corrected chi connectivity index (χ1v) is 9.27. The van der Waals surface area contributed by atoms with E-state index in [0.717, 1.165) is 5.56 Å². The van der Waals surface area contributed by atoms with Crippen molar-refractivity contribution in [3.8, 4) is 0 Å². The van der Waals surface area contributed by atoms with Crippen molar-refractivity contribution in [2.45, 2.75) is 40.2 Å². The average Bonchev–Trinajstić information content (AvgIpc) is 2.66. The van der Waals surface area contributed by atoms with Crippen molar-refractivity contribution in [1.29, 1.82) is 0 Å². The smallest absolute Gasteiger partial charge is 0.311 e. The molecule has 0 atom stereocenters. The van der Waals surface area contributed by atoms with Crippen LogP contribution in [-0.2, 0) is 6.54 Å². The number of aryl methyl sites for hydroxylation is 2. The largest absolute Gasteiger partial charge is 0.329 e. The summed E-state index contributed by atoms with van der Waals surface area (Å²) in [5, 5.41) is 0.134. The molecule has 0 aliphatic rings. The van der Waals surface area contributed by atoms with E-state index in [2.05, 4.69) is 9.97 Å². The van der Waals surface area contributed by atoms with Gasteiger partial charge in [0.1, 0.15) is 0 Å². The Bertz CT molecular complexity index is 1160. The Morgan fingerprint density at radius 3 is 2.43 bits per heavy atom. The van der Waals surface area contributed by atoms with Crippen LogP contribution in [0.1, 0.15) is 48.3 Å². The van der Waals surface area contributed by atoms with Crippen molar-refractivity contribution < 1.29 is 4.79 Å². The second-order valence-electron chi connectivity index (χ2n) is 7.15. The van der Waals surface area contributed by atoms with Gasteiger partial charge < -0.3 is 4.90 Å². The first kappa shape index (κ1) is 19.5. The Balaban J connectivity index is 2.29. The van der Waals surface area contributed by atoms with E-state index in [1.165, 1.54) is 9.47 Å². The fourth-order valence-corrected chi connectivity index (χ4v) is 3.12. The highest BCUT2D eigenvalue weighted by Gasteiger charge is 2.23. The maximum Gasteiger partial charge on any atom is 0.329 e. The third kappa shape index (κ3) is 3.35. The first-order valence-electron chi connectivity index (χ1n) is 9.27. The fraction of sp³-hybridized carbons (Fsp3) is 0.333. The summed E-state index contributed by atoms with van der Waals surface area (Å²) in [5.41, 5.74) is 1.80. The topological polar surface area (TPSA) is 88.1 Å². The number of hydrogen-bond donors (Lipinski definition) is 1. The summed E-state index contributed by atoms with van der Waals surface area (Å²) >= 11 is 0. The molecule has 0 bridgehead atoms. The van der Waals surface area contributed by atoms with E-state index in [0.29, 0.717) is 17.9 Å². The van der Waals surface area contributed by atoms with E-state index < -0.39 is 11.2 Å². The number of rotatable bonds is 4. The molecular formula is C21H24N4O3. The summed E-state index contributed by atoms with van der Waals surface area (Å²) in [5.74, 6) is -0.301. The van der Waals surface area contributed by atoms with Crippen molar-refractivity contribution >= 4 is 22.6 Å². The molecule has 1 N–H and O–H groups in total. The lowest BCUT2D eigenvalue weighted by Gasteiger charge is -2.20. The quantitative estimate of drug-likeness (QED) is 0.754. The number of benzene rings is 1. The number of anilines is 1. The van der Waals surface area contributed by atoms with Crippen LogP contribution in [0.15, 0.2) is 39.9 Å². The van der Waals surface area contributed by atoms with Crippen LogP contribution in [0, 0.1) is 6.92 Å². The predicted molar refractivity (Wildman–Crippen MR) is 110 cm³/mol. The molecule has 0 saturated carbocycles. The molecule has 7 heteroatoms. The van der Waals surface area contributed by atoms with E-state index in [-0.39, 0.29) is 28.4 Å². The van der Waals surface area contributed by atoms with Gasteiger partial charge in [-0.3, -0.25) is 19.1 Å². The fourth-order valence-electron chi connectivity index (χ4n) is 3.12. The van der Waals surface area contributed by atoms with Gasteiger partial charge in [-0.25, -0.2) is 9.78 Å². The number of amides is 1. The Hall–Kier alpha value is -3.22. The van der Waals surface area contributed by atoms with Crippen LogP contribution in [0.4, 0.5) is 5.69 Å². The highest BCUT2D eigenvalue weighted by molar-refractivity contribution is 6.12. The van der Waals surface area contributed by atoms with Gasteiger partial charge in [0.2, 0.25) is 0 Å². The van der Waals surface area contributed by atoms with Gasteiger partial charge in [0, 0.05) is 25.0 Å². The zero-order chi connectivity index (χ0) is 20.6. The summed E-state index contributed by atoms with van der Waals surface area (Å²) < 4.78 is 1.38. The Labute approximate surface area is 162 Å². The van der Waals surface area contributed by atoms with Crippen LogP contribution in [0.3, 0.4) is 0 Å². The third-order valence-electron chi connectivity index (χ3n) is 4.83. The standard InChI is InChI=1S/C21H24N4O3/c1-6-25-18-17(19(26)23-21(25)28)15(11-16(22-18)12(2)3)20(27)24(5)14-9-7-13(4)8-10-14/h7-12H,6H2,1-5H3,(H,23,26,28). The van der Waals surface area contributed by atoms with Gasteiger partial charge in [-0.2, -0.15) is 0 Å². The lowest BCUT2D eigenvalue weighted by Crippen LogP contribution is -2.34. The molecular weight excluding hydrogens is 356 g/mol. The zero-order valence-electron chi connectivity index (χ0n) is 16.7. The Morgan fingerprint density at radius 2 is 1.86 bits per heavy atom. The molecule has 2 heterocycles. The molecule has 0 fully saturated rings. The summed E-state index contributed by atoms with van der Waals surface area (Å²) in [4.78, 5) is 46.4. The van der Waals surface area contributed by atoms with Crippen LogP contribution in [-0.4, -0.2) is 27.5 Å². The molecule has 0 unspecified atom stereocenters. The SMILES string of the molecule is CCn1c(=O)[nH]c(=O)c2c(C(=O)N(C)c3ccc(C)cc3)cc(C(C)C)nc21. The molecule has 7 nitrogen and oxygen atoms in total. The Kier molecular flexibility index (Phi) is 5.18. The number of carbonyl (C=O) groups is 1. The normalized spacial score (nSPS) is 11.2. The molecule has 146 valence electrons. The molecule has 28 heavy (non-hydrogen) atoms. The van der Waals surface area contributed by atoms with Crippen LogP contribution in [0.5, 0.6) is 0 Å². The molecule has 0 aliphatic carbocycles. The Morgan fingerprint density at radius 1 is 1.21 bits per heavy atom. The minimum absolute atomic E-state index is 0.0281. The minimum atomic E-state index is -0.604. The second-order valence-corrected chi connectivity index (χ2v) is 7.15. The van der Waals surface area contributed by atoms with Crippen molar-refractivity contribution in [2.24, 2.45) is 0 Å². The molecule has 3 aromatic rings. The molecule has 0 aliphatic heterocycles. The molecule has 0 spiro atoms. The highest BCUT2D eigenvalue weighted by atomic mass is 16.2. The number of carbonyl (C=O) groups excluding carboxylic acids is 1. The molecule has 3 rings (SSSR count). The molecule has 0 radical (unpaired) electrons. The first-order chi connectivity index (χ1) is 13.2. The maximum atomic E-state index is 13.3. The van der Waals surface area contributed by atoms with Crippen molar-refractivity contribution in [2.75, 3.05) is 11.9 Å². The van der Waals surface area contributed by atoms with Crippen molar-refractivity contribution in [1.82, 2.24) is 14.5 Å². The third-order valence-corrected chi connectivity index (χ3v) is 4.83. The summed E-state index contributed by atoms with van der Waals surface area (Å²) in [6.07, 6.45) is 0. The van der Waals surface area contributed by atoms with E-state index in [1.54, 1.807) is 20.0 Å². The second kappa shape index (κ2) is 7.42. The number of aromatic amines is 1. The monoisotopic (exact) mass is 380 g/mol. The molecule has 1 aromatic carbocycles. The maximum absolute atomic E-state index is 13.3. The lowest BCUT2D eigenvalue weighted by atomic mass is 10.0. The molecule has 2 aromatic heterocycles. The van der Waals surface area contributed by atoms with E-state index >= 15 is 0 Å². The van der Waals surface area contributed by atoms with Crippen LogP contribution < -0.4 is 16.1 Å². The van der Waals surface area contributed by atoms with Crippen LogP contribution in [0.2, 0.25) is 0 Å². The number of pyridine rings is 1. The van der Waals surface area contributed by atoms with Gasteiger partial charge in [0.25, 0.3) is 11.5 Å². The summed E-state index contributed by atoms with van der Waals surface area (Å²) in [6, 6.07) is 9.20. The average molecular weight is 380 g/mol. The van der Waals surface area contributed by atoms with E-state index in [1.807, 2.05) is 45.0 Å². The number of H-pyrrole nitrogens is 1. The van der Waals surface area contributed by atoms with Crippen LogP contribution in [0.25, 0.3) is 11.0 Å². The van der Waals surface area contributed by atoms with Gasteiger partial charge in [0.05, 0.1) is 10.9 Å². The molecule has 0 saturated heterocycles. The van der Waals surface area contributed by atoms with Crippen molar-refractivity contribution in [3.05, 3.63) is 68.0 Å². The number of fused-ring (bicyclic) bond motifs is 1. The number of nitrogens with zero attached hydrogens (tertiary/aromatic N) is 3. The van der Waals surface area contributed by atoms with Gasteiger partial charge in [-0.15, -0.1) is 0 Å². The van der Waals surface area contributed by atoms with E-state index in [9.17, 15) is 14.4 Å². The predicted octanol–water partition coefficient (Wildman–Crippen LogP) is 2.81. The van der Waals surface area contributed by atoms with Crippen LogP contribution >= 0.6 is 0 Å². The number of nitrogens with one attached hydrogen (secondary N) is 1. The summed E-state index contributed by atoms with van der Waals surface area (Å²) in [7, 11) is 1.67. The van der Waals surface area contributed by atoms with Gasteiger partial charge >= 0.3 is 5.69 Å². The molecule has 1 amide bonds. The van der Waals surface area contributed by atoms with Crippen molar-refractivity contribution in [3.63, 3.8) is 0 Å².